The Labute approximate surface area is 73.8 Å². The maximum absolute atomic E-state index is 4.40. The van der Waals surface area contributed by atoms with Crippen molar-refractivity contribution in [1.29, 1.82) is 0 Å². The van der Waals surface area contributed by atoms with Crippen LogP contribution in [0.1, 0.15) is 36.6 Å². The largest absolute Gasteiger partial charge is 0.261 e. The van der Waals surface area contributed by atoms with Gasteiger partial charge in [0.15, 0.2) is 0 Å². The highest BCUT2D eigenvalue weighted by molar-refractivity contribution is 5.33. The van der Waals surface area contributed by atoms with Gasteiger partial charge in [-0.1, -0.05) is 13.3 Å². The van der Waals surface area contributed by atoms with Crippen LogP contribution in [-0.4, -0.2) is 4.98 Å². The Hall–Kier alpha value is -0.850. The summed E-state index contributed by atoms with van der Waals surface area (Å²) in [5.74, 6) is 0. The van der Waals surface area contributed by atoms with Crippen LogP contribution in [0.2, 0.25) is 0 Å². The molecule has 1 heterocycles. The van der Waals surface area contributed by atoms with E-state index in [1.54, 1.807) is 11.1 Å². The first-order valence-corrected chi connectivity index (χ1v) is 4.87. The van der Waals surface area contributed by atoms with Gasteiger partial charge < -0.3 is 0 Å². The summed E-state index contributed by atoms with van der Waals surface area (Å²) in [5.41, 5.74) is 4.46. The van der Waals surface area contributed by atoms with Crippen molar-refractivity contribution in [3.05, 3.63) is 29.1 Å². The fourth-order valence-electron chi connectivity index (χ4n) is 2.04. The molecule has 0 fully saturated rings. The number of hydrogen-bond acceptors (Lipinski definition) is 1. The van der Waals surface area contributed by atoms with Gasteiger partial charge in [-0.2, -0.15) is 0 Å². The first-order valence-electron chi connectivity index (χ1n) is 4.87. The van der Waals surface area contributed by atoms with Crippen LogP contribution >= 0.6 is 0 Å². The van der Waals surface area contributed by atoms with Gasteiger partial charge in [0.25, 0.3) is 0 Å². The molecule has 0 unspecified atom stereocenters. The molecule has 1 aliphatic rings. The maximum atomic E-state index is 4.40. The molecule has 0 saturated heterocycles. The molecule has 0 aliphatic heterocycles. The van der Waals surface area contributed by atoms with Crippen LogP contribution in [0.5, 0.6) is 0 Å². The highest BCUT2D eigenvalue weighted by Gasteiger charge is 2.14. The molecule has 0 radical (unpaired) electrons. The summed E-state index contributed by atoms with van der Waals surface area (Å²) in [7, 11) is 0. The lowest BCUT2D eigenvalue weighted by Crippen LogP contribution is -1.94. The Morgan fingerprint density at radius 1 is 1.42 bits per heavy atom. The standard InChI is InChI=1S/C11H15N/c1-2-4-9-7-8-12-11-6-3-5-10(9)11/h7-8H,2-6H2,1H3. The summed E-state index contributed by atoms with van der Waals surface area (Å²) in [4.78, 5) is 4.40. The van der Waals surface area contributed by atoms with E-state index in [9.17, 15) is 0 Å². The summed E-state index contributed by atoms with van der Waals surface area (Å²) in [5, 5.41) is 0. The van der Waals surface area contributed by atoms with E-state index < -0.39 is 0 Å². The zero-order valence-corrected chi connectivity index (χ0v) is 7.64. The number of fused-ring (bicyclic) bond motifs is 1. The van der Waals surface area contributed by atoms with E-state index in [2.05, 4.69) is 18.0 Å². The van der Waals surface area contributed by atoms with E-state index >= 15 is 0 Å². The SMILES string of the molecule is CCCc1ccnc2c1CCC2. The van der Waals surface area contributed by atoms with Crippen molar-refractivity contribution in [2.45, 2.75) is 39.0 Å². The average molecular weight is 161 g/mol. The van der Waals surface area contributed by atoms with Gasteiger partial charge in [0.05, 0.1) is 0 Å². The molecule has 1 aliphatic carbocycles. The fraction of sp³-hybridized carbons (Fsp3) is 0.545. The van der Waals surface area contributed by atoms with Crippen molar-refractivity contribution in [1.82, 2.24) is 4.98 Å². The highest BCUT2D eigenvalue weighted by atomic mass is 14.7. The molecule has 0 aromatic carbocycles. The quantitative estimate of drug-likeness (QED) is 0.649. The Kier molecular flexibility index (Phi) is 2.11. The molecule has 0 amide bonds. The number of nitrogens with zero attached hydrogens (tertiary/aromatic N) is 1. The molecule has 0 bridgehead atoms. The second-order valence-electron chi connectivity index (χ2n) is 3.50. The van der Waals surface area contributed by atoms with E-state index in [0.29, 0.717) is 0 Å². The average Bonchev–Trinajstić information content (AvgIpc) is 2.53. The van der Waals surface area contributed by atoms with E-state index in [4.69, 9.17) is 0 Å². The topological polar surface area (TPSA) is 12.9 Å². The Morgan fingerprint density at radius 2 is 2.33 bits per heavy atom. The van der Waals surface area contributed by atoms with E-state index in [-0.39, 0.29) is 0 Å². The minimum atomic E-state index is 1.20. The molecule has 1 nitrogen and oxygen atoms in total. The lowest BCUT2D eigenvalue weighted by Gasteiger charge is -2.05. The summed E-state index contributed by atoms with van der Waals surface area (Å²) < 4.78 is 0. The van der Waals surface area contributed by atoms with Crippen LogP contribution in [0, 0.1) is 0 Å². The van der Waals surface area contributed by atoms with Gasteiger partial charge in [-0.25, -0.2) is 0 Å². The Morgan fingerprint density at radius 3 is 3.17 bits per heavy atom. The van der Waals surface area contributed by atoms with Crippen molar-refractivity contribution >= 4 is 0 Å². The monoisotopic (exact) mass is 161 g/mol. The molecule has 1 heteroatoms. The van der Waals surface area contributed by atoms with E-state index in [1.165, 1.54) is 37.8 Å². The lowest BCUT2D eigenvalue weighted by atomic mass is 10.0. The summed E-state index contributed by atoms with van der Waals surface area (Å²) in [6.45, 7) is 2.24. The molecular weight excluding hydrogens is 146 g/mol. The smallest absolute Gasteiger partial charge is 0.0438 e. The second-order valence-corrected chi connectivity index (χ2v) is 3.50. The Balaban J connectivity index is 2.36. The molecule has 2 rings (SSSR count). The predicted octanol–water partition coefficient (Wildman–Crippen LogP) is 2.52. The molecule has 12 heavy (non-hydrogen) atoms. The summed E-state index contributed by atoms with van der Waals surface area (Å²) in [6, 6.07) is 2.19. The molecule has 0 saturated carbocycles. The van der Waals surface area contributed by atoms with Crippen molar-refractivity contribution in [3.63, 3.8) is 0 Å². The van der Waals surface area contributed by atoms with Gasteiger partial charge >= 0.3 is 0 Å². The molecule has 0 atom stereocenters. The third-order valence-corrected chi connectivity index (χ3v) is 2.60. The molecule has 1 aromatic rings. The summed E-state index contributed by atoms with van der Waals surface area (Å²) in [6.07, 6.45) is 8.21. The third-order valence-electron chi connectivity index (χ3n) is 2.60. The van der Waals surface area contributed by atoms with Crippen LogP contribution in [-0.2, 0) is 19.3 Å². The molecule has 64 valence electrons. The molecule has 1 aromatic heterocycles. The van der Waals surface area contributed by atoms with Gasteiger partial charge in [0, 0.05) is 11.9 Å². The number of hydrogen-bond donors (Lipinski definition) is 0. The van der Waals surface area contributed by atoms with Crippen molar-refractivity contribution in [2.24, 2.45) is 0 Å². The zero-order valence-electron chi connectivity index (χ0n) is 7.64. The lowest BCUT2D eigenvalue weighted by molar-refractivity contribution is 0.880. The first-order chi connectivity index (χ1) is 5.92. The van der Waals surface area contributed by atoms with Gasteiger partial charge in [-0.05, 0) is 42.9 Å². The van der Waals surface area contributed by atoms with E-state index in [1.807, 2.05) is 6.20 Å². The fourth-order valence-corrected chi connectivity index (χ4v) is 2.04. The van der Waals surface area contributed by atoms with Gasteiger partial charge in [-0.3, -0.25) is 4.98 Å². The van der Waals surface area contributed by atoms with E-state index in [0.717, 1.165) is 0 Å². The highest BCUT2D eigenvalue weighted by Crippen LogP contribution is 2.23. The normalized spacial score (nSPS) is 14.8. The van der Waals surface area contributed by atoms with Gasteiger partial charge in [0.1, 0.15) is 0 Å². The third kappa shape index (κ3) is 1.24. The van der Waals surface area contributed by atoms with Crippen LogP contribution in [0.25, 0.3) is 0 Å². The van der Waals surface area contributed by atoms with Gasteiger partial charge in [0.2, 0.25) is 0 Å². The van der Waals surface area contributed by atoms with Crippen molar-refractivity contribution in [2.75, 3.05) is 0 Å². The number of pyridine rings is 1. The maximum Gasteiger partial charge on any atom is 0.0438 e. The molecule has 0 N–H and O–H groups in total. The molecular formula is C11H15N. The number of aromatic nitrogens is 1. The Bertz CT molecular complexity index is 278. The summed E-state index contributed by atoms with van der Waals surface area (Å²) >= 11 is 0. The van der Waals surface area contributed by atoms with Gasteiger partial charge in [-0.15, -0.1) is 0 Å². The van der Waals surface area contributed by atoms with Crippen molar-refractivity contribution < 1.29 is 0 Å². The zero-order chi connectivity index (χ0) is 8.39. The minimum Gasteiger partial charge on any atom is -0.261 e. The van der Waals surface area contributed by atoms with Crippen LogP contribution in [0.4, 0.5) is 0 Å². The number of rotatable bonds is 2. The number of aryl methyl sites for hydroxylation is 2. The predicted molar refractivity (Wildman–Crippen MR) is 50.3 cm³/mol. The van der Waals surface area contributed by atoms with Crippen LogP contribution in [0.3, 0.4) is 0 Å². The first kappa shape index (κ1) is 7.78. The molecule has 0 spiro atoms. The van der Waals surface area contributed by atoms with Crippen LogP contribution < -0.4 is 0 Å². The van der Waals surface area contributed by atoms with Crippen LogP contribution in [0.15, 0.2) is 12.3 Å². The second kappa shape index (κ2) is 3.26. The van der Waals surface area contributed by atoms with Crippen molar-refractivity contribution in [3.8, 4) is 0 Å². The minimum absolute atomic E-state index is 1.20.